The van der Waals surface area contributed by atoms with Crippen LogP contribution < -0.4 is 10.6 Å². The third kappa shape index (κ3) is 5.93. The van der Waals surface area contributed by atoms with Gasteiger partial charge < -0.3 is 15.4 Å². The second-order valence-electron chi connectivity index (χ2n) is 5.35. The minimum atomic E-state index is -0.783. The fraction of sp³-hybridized carbons (Fsp3) is 0.467. The number of rotatable bonds is 8. The monoisotopic (exact) mass is 323 g/mol. The van der Waals surface area contributed by atoms with Gasteiger partial charge in [0.15, 0.2) is 6.61 Å². The lowest BCUT2D eigenvalue weighted by Gasteiger charge is -2.08. The Labute approximate surface area is 134 Å². The Morgan fingerprint density at radius 3 is 2.61 bits per heavy atom. The Bertz CT molecular complexity index is 586. The first kappa shape index (κ1) is 18.4. The van der Waals surface area contributed by atoms with Crippen molar-refractivity contribution < 1.29 is 19.2 Å². The molecule has 0 aliphatic rings. The first-order chi connectivity index (χ1) is 10.8. The molecule has 126 valence electrons. The molecule has 1 rings (SSSR count). The minimum absolute atomic E-state index is 0.0191. The molecule has 0 saturated carbocycles. The summed E-state index contributed by atoms with van der Waals surface area (Å²) in [6.07, 6.45) is 0.831. The van der Waals surface area contributed by atoms with Crippen molar-refractivity contribution in [2.45, 2.75) is 20.3 Å². The highest BCUT2D eigenvalue weighted by atomic mass is 16.6. The Kier molecular flexibility index (Phi) is 6.98. The largest absolute Gasteiger partial charge is 0.452 e. The molecule has 0 saturated heterocycles. The van der Waals surface area contributed by atoms with Gasteiger partial charge in [-0.2, -0.15) is 0 Å². The van der Waals surface area contributed by atoms with Crippen molar-refractivity contribution in [1.29, 1.82) is 0 Å². The van der Waals surface area contributed by atoms with Crippen LogP contribution in [-0.4, -0.2) is 37.0 Å². The van der Waals surface area contributed by atoms with Crippen molar-refractivity contribution in [2.24, 2.45) is 5.92 Å². The van der Waals surface area contributed by atoms with E-state index in [-0.39, 0.29) is 16.9 Å². The molecule has 0 unspecified atom stereocenters. The number of esters is 1. The molecule has 0 aliphatic heterocycles. The lowest BCUT2D eigenvalue weighted by atomic mass is 10.1. The lowest BCUT2D eigenvalue weighted by Crippen LogP contribution is -2.30. The fourth-order valence-corrected chi connectivity index (χ4v) is 1.79. The van der Waals surface area contributed by atoms with Crippen LogP contribution in [0.25, 0.3) is 0 Å². The number of hydrogen-bond acceptors (Lipinski definition) is 6. The van der Waals surface area contributed by atoms with Crippen LogP contribution in [-0.2, 0) is 9.53 Å². The lowest BCUT2D eigenvalue weighted by molar-refractivity contribution is -0.384. The maximum Gasteiger partial charge on any atom is 0.338 e. The van der Waals surface area contributed by atoms with Crippen LogP contribution >= 0.6 is 0 Å². The molecule has 0 bridgehead atoms. The van der Waals surface area contributed by atoms with E-state index in [9.17, 15) is 19.7 Å². The number of ether oxygens (including phenoxy) is 1. The first-order valence-electron chi connectivity index (χ1n) is 7.25. The van der Waals surface area contributed by atoms with Gasteiger partial charge in [-0.25, -0.2) is 4.79 Å². The van der Waals surface area contributed by atoms with Gasteiger partial charge in [0.25, 0.3) is 11.6 Å². The number of nitrogens with zero attached hydrogens (tertiary/aromatic N) is 1. The van der Waals surface area contributed by atoms with Crippen molar-refractivity contribution in [1.82, 2.24) is 5.32 Å². The zero-order valence-corrected chi connectivity index (χ0v) is 13.4. The molecule has 23 heavy (non-hydrogen) atoms. The molecule has 1 aromatic rings. The standard InChI is InChI=1S/C15H21N3O5/c1-10(2)6-7-17-14(19)9-23-15(20)11-4-5-12(16-3)13(8-11)18(21)22/h4-5,8,10,16H,6-7,9H2,1-3H3,(H,17,19). The second-order valence-corrected chi connectivity index (χ2v) is 5.35. The average Bonchev–Trinajstić information content (AvgIpc) is 2.51. The third-order valence-electron chi connectivity index (χ3n) is 3.08. The number of carbonyl (C=O) groups is 2. The van der Waals surface area contributed by atoms with Crippen LogP contribution in [0.2, 0.25) is 0 Å². The summed E-state index contributed by atoms with van der Waals surface area (Å²) in [4.78, 5) is 33.7. The molecule has 8 nitrogen and oxygen atoms in total. The molecule has 1 aromatic carbocycles. The number of nitro benzene ring substituents is 1. The molecular formula is C15H21N3O5. The van der Waals surface area contributed by atoms with Crippen molar-refractivity contribution >= 4 is 23.3 Å². The van der Waals surface area contributed by atoms with Crippen LogP contribution in [0.5, 0.6) is 0 Å². The summed E-state index contributed by atoms with van der Waals surface area (Å²) in [6, 6.07) is 3.93. The Hall–Kier alpha value is -2.64. The number of anilines is 1. The van der Waals surface area contributed by atoms with Crippen molar-refractivity contribution in [2.75, 3.05) is 25.5 Å². The fourth-order valence-electron chi connectivity index (χ4n) is 1.79. The molecule has 0 radical (unpaired) electrons. The van der Waals surface area contributed by atoms with Gasteiger partial charge in [-0.3, -0.25) is 14.9 Å². The molecule has 0 fully saturated rings. The van der Waals surface area contributed by atoms with Crippen molar-refractivity contribution in [3.63, 3.8) is 0 Å². The van der Waals surface area contributed by atoms with Crippen LogP contribution in [0, 0.1) is 16.0 Å². The van der Waals surface area contributed by atoms with E-state index >= 15 is 0 Å². The second kappa shape index (κ2) is 8.72. The summed E-state index contributed by atoms with van der Waals surface area (Å²) in [6.45, 7) is 4.16. The zero-order chi connectivity index (χ0) is 17.4. The predicted octanol–water partition coefficient (Wildman–Crippen LogP) is 1.96. The highest BCUT2D eigenvalue weighted by molar-refractivity contribution is 5.93. The molecule has 0 spiro atoms. The molecule has 0 atom stereocenters. The van der Waals surface area contributed by atoms with Crippen LogP contribution in [0.1, 0.15) is 30.6 Å². The molecule has 8 heteroatoms. The van der Waals surface area contributed by atoms with Gasteiger partial charge in [-0.1, -0.05) is 13.8 Å². The van der Waals surface area contributed by atoms with E-state index < -0.39 is 23.4 Å². The van der Waals surface area contributed by atoms with Crippen LogP contribution in [0.4, 0.5) is 11.4 Å². The molecule has 0 aliphatic carbocycles. The van der Waals surface area contributed by atoms with E-state index in [4.69, 9.17) is 4.74 Å². The number of nitro groups is 1. The molecular weight excluding hydrogens is 302 g/mol. The molecule has 0 aromatic heterocycles. The molecule has 0 heterocycles. The number of carbonyl (C=O) groups excluding carboxylic acids is 2. The summed E-state index contributed by atoms with van der Waals surface area (Å²) < 4.78 is 4.86. The van der Waals surface area contributed by atoms with E-state index in [1.54, 1.807) is 7.05 Å². The van der Waals surface area contributed by atoms with Gasteiger partial charge in [0, 0.05) is 19.7 Å². The predicted molar refractivity (Wildman–Crippen MR) is 85.4 cm³/mol. The van der Waals surface area contributed by atoms with E-state index in [2.05, 4.69) is 10.6 Å². The number of amides is 1. The van der Waals surface area contributed by atoms with Crippen LogP contribution in [0.3, 0.4) is 0 Å². The minimum Gasteiger partial charge on any atom is -0.452 e. The zero-order valence-electron chi connectivity index (χ0n) is 13.4. The summed E-state index contributed by atoms with van der Waals surface area (Å²) in [7, 11) is 1.54. The van der Waals surface area contributed by atoms with Crippen molar-refractivity contribution in [3.05, 3.63) is 33.9 Å². The van der Waals surface area contributed by atoms with Gasteiger partial charge >= 0.3 is 5.97 Å². The van der Waals surface area contributed by atoms with Crippen LogP contribution in [0.15, 0.2) is 18.2 Å². The summed E-state index contributed by atoms with van der Waals surface area (Å²) in [5.41, 5.74) is 0.0759. The maximum absolute atomic E-state index is 11.9. The highest BCUT2D eigenvalue weighted by Crippen LogP contribution is 2.25. The number of nitrogens with one attached hydrogen (secondary N) is 2. The van der Waals surface area contributed by atoms with Gasteiger partial charge in [0.05, 0.1) is 10.5 Å². The summed E-state index contributed by atoms with van der Waals surface area (Å²) in [5, 5.41) is 16.2. The number of benzene rings is 1. The van der Waals surface area contributed by atoms with Gasteiger partial charge in [-0.15, -0.1) is 0 Å². The summed E-state index contributed by atoms with van der Waals surface area (Å²) in [5.74, 6) is -0.723. The number of hydrogen-bond donors (Lipinski definition) is 2. The third-order valence-corrected chi connectivity index (χ3v) is 3.08. The Balaban J connectivity index is 2.60. The maximum atomic E-state index is 11.9. The molecule has 1 amide bonds. The topological polar surface area (TPSA) is 111 Å². The highest BCUT2D eigenvalue weighted by Gasteiger charge is 2.18. The normalized spacial score (nSPS) is 10.3. The average molecular weight is 323 g/mol. The van der Waals surface area contributed by atoms with E-state index in [1.807, 2.05) is 13.8 Å². The first-order valence-corrected chi connectivity index (χ1v) is 7.25. The Morgan fingerprint density at radius 2 is 2.04 bits per heavy atom. The summed E-state index contributed by atoms with van der Waals surface area (Å²) >= 11 is 0. The van der Waals surface area contributed by atoms with E-state index in [0.717, 1.165) is 12.5 Å². The smallest absolute Gasteiger partial charge is 0.338 e. The van der Waals surface area contributed by atoms with Gasteiger partial charge in [-0.05, 0) is 24.5 Å². The van der Waals surface area contributed by atoms with Crippen molar-refractivity contribution in [3.8, 4) is 0 Å². The van der Waals surface area contributed by atoms with Gasteiger partial charge in [0.1, 0.15) is 5.69 Å². The van der Waals surface area contributed by atoms with Gasteiger partial charge in [0.2, 0.25) is 0 Å². The molecule has 2 N–H and O–H groups in total. The quantitative estimate of drug-likeness (QED) is 0.430. The Morgan fingerprint density at radius 1 is 1.35 bits per heavy atom. The SMILES string of the molecule is CNc1ccc(C(=O)OCC(=O)NCCC(C)C)cc1[N+](=O)[O-]. The van der Waals surface area contributed by atoms with E-state index in [0.29, 0.717) is 12.5 Å². The van der Waals surface area contributed by atoms with E-state index in [1.165, 1.54) is 12.1 Å².